The smallest absolute Gasteiger partial charge is 0.223 e. The Hall–Kier alpha value is -1.31. The number of fused-ring (bicyclic) bond motifs is 3. The van der Waals surface area contributed by atoms with Crippen molar-refractivity contribution in [1.29, 1.82) is 0 Å². The number of aryl methyl sites for hydroxylation is 1. The predicted octanol–water partition coefficient (Wildman–Crippen LogP) is 5.35. The van der Waals surface area contributed by atoms with Gasteiger partial charge in [-0.2, -0.15) is 0 Å². The number of nitrogens with one attached hydrogen (secondary N) is 1. The number of carbonyl (C=O) groups is 1. The summed E-state index contributed by atoms with van der Waals surface area (Å²) in [6, 6.07) is 7.25. The van der Waals surface area contributed by atoms with Gasteiger partial charge in [0.05, 0.1) is 0 Å². The fourth-order valence-electron chi connectivity index (χ4n) is 5.96. The highest BCUT2D eigenvalue weighted by Crippen LogP contribution is 2.57. The molecule has 1 amide bonds. The predicted molar refractivity (Wildman–Crippen MR) is 107 cm³/mol. The minimum Gasteiger partial charge on any atom is -0.355 e. The highest BCUT2D eigenvalue weighted by Gasteiger charge is 2.51. The quantitative estimate of drug-likeness (QED) is 0.777. The molecule has 0 aromatic heterocycles. The van der Waals surface area contributed by atoms with Crippen molar-refractivity contribution in [2.75, 3.05) is 6.54 Å². The normalized spacial score (nSPS) is 33.5. The summed E-state index contributed by atoms with van der Waals surface area (Å²) in [4.78, 5) is 12.2. The van der Waals surface area contributed by atoms with Gasteiger partial charge >= 0.3 is 0 Å². The topological polar surface area (TPSA) is 29.1 Å². The first-order valence-electron chi connectivity index (χ1n) is 10.7. The molecule has 1 aromatic rings. The van der Waals surface area contributed by atoms with Crippen LogP contribution in [0.2, 0.25) is 0 Å². The largest absolute Gasteiger partial charge is 0.355 e. The average molecular weight is 354 g/mol. The number of carbonyl (C=O) groups excluding carboxylic acids is 1. The molecule has 142 valence electrons. The van der Waals surface area contributed by atoms with E-state index in [0.717, 1.165) is 19.4 Å². The number of benzene rings is 1. The maximum atomic E-state index is 12.2. The summed E-state index contributed by atoms with van der Waals surface area (Å²) in [6.07, 6.45) is 8.45. The van der Waals surface area contributed by atoms with E-state index in [0.29, 0.717) is 23.7 Å². The monoisotopic (exact) mass is 353 g/mol. The van der Waals surface area contributed by atoms with Crippen molar-refractivity contribution in [3.8, 4) is 0 Å². The molecule has 0 heterocycles. The zero-order valence-corrected chi connectivity index (χ0v) is 17.0. The van der Waals surface area contributed by atoms with Crippen LogP contribution in [-0.2, 0) is 16.6 Å². The summed E-state index contributed by atoms with van der Waals surface area (Å²) in [5.74, 6) is 1.86. The van der Waals surface area contributed by atoms with Gasteiger partial charge < -0.3 is 5.32 Å². The van der Waals surface area contributed by atoms with Crippen LogP contribution >= 0.6 is 0 Å². The lowest BCUT2D eigenvalue weighted by Gasteiger charge is -2.55. The van der Waals surface area contributed by atoms with Crippen molar-refractivity contribution >= 4 is 5.91 Å². The van der Waals surface area contributed by atoms with Gasteiger partial charge in [0.25, 0.3) is 0 Å². The van der Waals surface area contributed by atoms with Crippen LogP contribution < -0.4 is 5.32 Å². The molecule has 3 aliphatic carbocycles. The number of hydrogen-bond acceptors (Lipinski definition) is 1. The van der Waals surface area contributed by atoms with E-state index in [9.17, 15) is 4.79 Å². The third kappa shape index (κ3) is 3.00. The van der Waals surface area contributed by atoms with Crippen LogP contribution in [0.4, 0.5) is 0 Å². The Balaban J connectivity index is 1.62. The molecule has 0 saturated heterocycles. The molecule has 0 radical (unpaired) electrons. The lowest BCUT2D eigenvalue weighted by Crippen LogP contribution is -2.53. The maximum Gasteiger partial charge on any atom is 0.223 e. The zero-order chi connectivity index (χ0) is 18.5. The minimum atomic E-state index is 0.225. The third-order valence-electron chi connectivity index (χ3n) is 7.79. The Morgan fingerprint density at radius 2 is 1.96 bits per heavy atom. The van der Waals surface area contributed by atoms with Crippen LogP contribution in [0.3, 0.4) is 0 Å². The van der Waals surface area contributed by atoms with Crippen LogP contribution in [0.5, 0.6) is 0 Å². The summed E-state index contributed by atoms with van der Waals surface area (Å²) in [5.41, 5.74) is 5.14. The van der Waals surface area contributed by atoms with E-state index in [4.69, 9.17) is 0 Å². The van der Waals surface area contributed by atoms with Crippen LogP contribution in [0, 0.1) is 17.3 Å². The maximum absolute atomic E-state index is 12.2. The van der Waals surface area contributed by atoms with Gasteiger partial charge in [-0.25, -0.2) is 0 Å². The number of rotatable bonds is 4. The molecule has 4 rings (SSSR count). The molecule has 3 aliphatic rings. The summed E-state index contributed by atoms with van der Waals surface area (Å²) >= 11 is 0. The SMILES string of the molecule is CC(C)c1ccc2c(c1)[C@@]1(C)CCC[C@@](C)(CNC(=O)C3CC3)[C@@H]1CC2. The standard InChI is InChI=1S/C24H35NO/c1-16(2)19-9-6-17-10-11-21-23(3,15-25-22(26)18-7-8-18)12-5-13-24(21,4)20(17)14-19/h6,9,14,16,18,21H,5,7-8,10-13,15H2,1-4H3,(H,25,26)/t21-,23-,24+/m0/s1. The van der Waals surface area contributed by atoms with Crippen molar-refractivity contribution in [2.45, 2.75) is 84.0 Å². The molecule has 2 fully saturated rings. The third-order valence-corrected chi connectivity index (χ3v) is 7.79. The van der Waals surface area contributed by atoms with E-state index in [1.807, 2.05) is 0 Å². The average Bonchev–Trinajstić information content (AvgIpc) is 3.44. The molecular weight excluding hydrogens is 318 g/mol. The first kappa shape index (κ1) is 18.1. The lowest BCUT2D eigenvalue weighted by molar-refractivity contribution is -0.123. The van der Waals surface area contributed by atoms with Gasteiger partial charge in [0.1, 0.15) is 0 Å². The van der Waals surface area contributed by atoms with E-state index in [1.165, 1.54) is 37.7 Å². The van der Waals surface area contributed by atoms with E-state index < -0.39 is 0 Å². The van der Waals surface area contributed by atoms with Crippen molar-refractivity contribution < 1.29 is 4.79 Å². The Bertz CT molecular complexity index is 704. The molecule has 0 unspecified atom stereocenters. The van der Waals surface area contributed by atoms with Gasteiger partial charge in [-0.15, -0.1) is 0 Å². The summed E-state index contributed by atoms with van der Waals surface area (Å²) in [6.45, 7) is 10.4. The van der Waals surface area contributed by atoms with Crippen molar-refractivity contribution in [2.24, 2.45) is 17.3 Å². The first-order chi connectivity index (χ1) is 12.3. The van der Waals surface area contributed by atoms with Gasteiger partial charge in [-0.05, 0) is 77.9 Å². The van der Waals surface area contributed by atoms with Crippen LogP contribution in [-0.4, -0.2) is 12.5 Å². The van der Waals surface area contributed by atoms with E-state index >= 15 is 0 Å². The Labute approximate surface area is 159 Å². The Morgan fingerprint density at radius 3 is 2.65 bits per heavy atom. The van der Waals surface area contributed by atoms with Crippen molar-refractivity contribution in [3.05, 3.63) is 34.9 Å². The molecule has 2 saturated carbocycles. The van der Waals surface area contributed by atoms with Gasteiger partial charge in [0.15, 0.2) is 0 Å². The second-order valence-corrected chi connectivity index (χ2v) is 10.1. The van der Waals surface area contributed by atoms with Crippen LogP contribution in [0.1, 0.15) is 88.8 Å². The number of amides is 1. The van der Waals surface area contributed by atoms with Gasteiger partial charge in [-0.1, -0.05) is 52.3 Å². The molecule has 0 bridgehead atoms. The highest BCUT2D eigenvalue weighted by atomic mass is 16.2. The van der Waals surface area contributed by atoms with E-state index in [1.54, 1.807) is 11.1 Å². The lowest BCUT2D eigenvalue weighted by atomic mass is 9.49. The zero-order valence-electron chi connectivity index (χ0n) is 17.0. The molecule has 26 heavy (non-hydrogen) atoms. The highest BCUT2D eigenvalue weighted by molar-refractivity contribution is 5.80. The summed E-state index contributed by atoms with van der Waals surface area (Å²) < 4.78 is 0. The van der Waals surface area contributed by atoms with E-state index in [-0.39, 0.29) is 10.8 Å². The molecule has 0 spiro atoms. The molecule has 0 aliphatic heterocycles. The first-order valence-corrected chi connectivity index (χ1v) is 10.7. The van der Waals surface area contributed by atoms with Crippen LogP contribution in [0.15, 0.2) is 18.2 Å². The summed E-state index contributed by atoms with van der Waals surface area (Å²) in [7, 11) is 0. The van der Waals surface area contributed by atoms with E-state index in [2.05, 4.69) is 51.2 Å². The molecule has 3 atom stereocenters. The fraction of sp³-hybridized carbons (Fsp3) is 0.708. The second-order valence-electron chi connectivity index (χ2n) is 10.1. The Kier molecular flexibility index (Phi) is 4.44. The second kappa shape index (κ2) is 6.39. The van der Waals surface area contributed by atoms with Gasteiger partial charge in [0.2, 0.25) is 5.91 Å². The van der Waals surface area contributed by atoms with Gasteiger partial charge in [-0.3, -0.25) is 4.79 Å². The fourth-order valence-corrected chi connectivity index (χ4v) is 5.96. The molecule has 1 N–H and O–H groups in total. The van der Waals surface area contributed by atoms with Crippen LogP contribution in [0.25, 0.3) is 0 Å². The molecule has 1 aromatic carbocycles. The summed E-state index contributed by atoms with van der Waals surface area (Å²) in [5, 5.41) is 3.32. The minimum absolute atomic E-state index is 0.225. The molecule has 2 heteroatoms. The molecule has 2 nitrogen and oxygen atoms in total. The molecular formula is C24H35NO. The Morgan fingerprint density at radius 1 is 1.19 bits per heavy atom. The van der Waals surface area contributed by atoms with Gasteiger partial charge in [0, 0.05) is 12.5 Å². The number of hydrogen-bond donors (Lipinski definition) is 1. The van der Waals surface area contributed by atoms with Crippen molar-refractivity contribution in [3.63, 3.8) is 0 Å². The van der Waals surface area contributed by atoms with Crippen molar-refractivity contribution in [1.82, 2.24) is 5.32 Å².